The maximum atomic E-state index is 12.4. The molecule has 0 bridgehead atoms. The number of aromatic nitrogens is 1. The monoisotopic (exact) mass is 266 g/mol. The van der Waals surface area contributed by atoms with Crippen molar-refractivity contribution >= 4 is 11.8 Å². The predicted octanol–water partition coefficient (Wildman–Crippen LogP) is 2.83. The van der Waals surface area contributed by atoms with E-state index in [4.69, 9.17) is 0 Å². The van der Waals surface area contributed by atoms with Crippen molar-refractivity contribution < 1.29 is 9.59 Å². The van der Waals surface area contributed by atoms with E-state index in [-0.39, 0.29) is 23.6 Å². The predicted molar refractivity (Wildman–Crippen MR) is 74.2 cm³/mol. The number of carbonyl (C=O) groups is 2. The van der Waals surface area contributed by atoms with E-state index < -0.39 is 0 Å². The Labute approximate surface area is 117 Å². The second kappa shape index (κ2) is 4.89. The Balaban J connectivity index is 2.03. The molecule has 2 heterocycles. The fraction of sp³-hybridized carbons (Fsp3) is 0.188. The van der Waals surface area contributed by atoms with Gasteiger partial charge in [0.25, 0.3) is 11.8 Å². The van der Waals surface area contributed by atoms with Gasteiger partial charge in [-0.3, -0.25) is 19.5 Å². The van der Waals surface area contributed by atoms with Crippen LogP contribution in [0.1, 0.15) is 45.8 Å². The van der Waals surface area contributed by atoms with Crippen LogP contribution in [0.2, 0.25) is 0 Å². The van der Waals surface area contributed by atoms with Gasteiger partial charge in [0.15, 0.2) is 0 Å². The van der Waals surface area contributed by atoms with E-state index in [1.54, 1.807) is 12.1 Å². The van der Waals surface area contributed by atoms with Crippen LogP contribution in [0.3, 0.4) is 0 Å². The number of fused-ring (bicyclic) bond motifs is 1. The maximum absolute atomic E-state index is 12.4. The first kappa shape index (κ1) is 12.5. The number of rotatable bonds is 3. The summed E-state index contributed by atoms with van der Waals surface area (Å²) in [5.41, 5.74) is 1.61. The van der Waals surface area contributed by atoms with Gasteiger partial charge in [0.1, 0.15) is 5.69 Å². The van der Waals surface area contributed by atoms with Crippen LogP contribution in [0.15, 0.2) is 48.7 Å². The van der Waals surface area contributed by atoms with Crippen LogP contribution in [0.25, 0.3) is 0 Å². The number of pyridine rings is 1. The minimum absolute atomic E-state index is 0.245. The molecule has 2 aromatic rings. The molecular weight excluding hydrogens is 252 g/mol. The zero-order valence-corrected chi connectivity index (χ0v) is 11.1. The van der Waals surface area contributed by atoms with Gasteiger partial charge >= 0.3 is 0 Å². The second-order valence-corrected chi connectivity index (χ2v) is 4.71. The topological polar surface area (TPSA) is 50.3 Å². The highest BCUT2D eigenvalue weighted by Gasteiger charge is 2.40. The van der Waals surface area contributed by atoms with Crippen molar-refractivity contribution in [2.75, 3.05) is 0 Å². The number of amides is 2. The molecule has 0 saturated carbocycles. The average molecular weight is 266 g/mol. The van der Waals surface area contributed by atoms with Crippen molar-refractivity contribution in [2.24, 2.45) is 0 Å². The number of hydrogen-bond donors (Lipinski definition) is 0. The Morgan fingerprint density at radius 3 is 2.45 bits per heavy atom. The Kier molecular flexibility index (Phi) is 3.06. The second-order valence-electron chi connectivity index (χ2n) is 4.71. The van der Waals surface area contributed by atoms with Crippen LogP contribution in [-0.2, 0) is 0 Å². The first-order valence-corrected chi connectivity index (χ1v) is 6.62. The normalized spacial score (nSPS) is 15.3. The third-order valence-corrected chi connectivity index (χ3v) is 3.56. The molecule has 2 amide bonds. The van der Waals surface area contributed by atoms with E-state index in [0.717, 1.165) is 5.56 Å². The fourth-order valence-corrected chi connectivity index (χ4v) is 2.61. The Hall–Kier alpha value is -2.49. The summed E-state index contributed by atoms with van der Waals surface area (Å²) in [5.74, 6) is -0.560. The molecule has 0 saturated heterocycles. The van der Waals surface area contributed by atoms with E-state index in [9.17, 15) is 9.59 Å². The van der Waals surface area contributed by atoms with Crippen LogP contribution in [0, 0.1) is 0 Å². The summed E-state index contributed by atoms with van der Waals surface area (Å²) in [5, 5.41) is 0. The lowest BCUT2D eigenvalue weighted by Gasteiger charge is -2.25. The minimum Gasteiger partial charge on any atom is -0.268 e. The zero-order valence-electron chi connectivity index (χ0n) is 11.1. The van der Waals surface area contributed by atoms with Crippen molar-refractivity contribution in [1.29, 1.82) is 0 Å². The minimum atomic E-state index is -0.304. The molecule has 3 rings (SSSR count). The molecular formula is C16H14N2O2. The highest BCUT2D eigenvalue weighted by atomic mass is 16.2. The van der Waals surface area contributed by atoms with Crippen LogP contribution in [0.4, 0.5) is 0 Å². The summed E-state index contributed by atoms with van der Waals surface area (Å²) in [4.78, 5) is 30.2. The first-order chi connectivity index (χ1) is 9.74. The number of benzene rings is 1. The van der Waals surface area contributed by atoms with Gasteiger partial charge in [-0.05, 0) is 24.1 Å². The summed E-state index contributed by atoms with van der Waals surface area (Å²) in [6, 6.07) is 12.7. The van der Waals surface area contributed by atoms with Gasteiger partial charge in [0.05, 0.1) is 11.6 Å². The number of nitrogens with zero attached hydrogens (tertiary/aromatic N) is 2. The van der Waals surface area contributed by atoms with Crippen LogP contribution in [0.5, 0.6) is 0 Å². The van der Waals surface area contributed by atoms with Crippen molar-refractivity contribution in [3.63, 3.8) is 0 Å². The van der Waals surface area contributed by atoms with Crippen molar-refractivity contribution in [2.45, 2.75) is 19.4 Å². The molecule has 4 nitrogen and oxygen atoms in total. The molecule has 1 aliphatic heterocycles. The summed E-state index contributed by atoms with van der Waals surface area (Å²) < 4.78 is 0. The Morgan fingerprint density at radius 1 is 1.05 bits per heavy atom. The van der Waals surface area contributed by atoms with Crippen molar-refractivity contribution in [3.05, 3.63) is 65.5 Å². The first-order valence-electron chi connectivity index (χ1n) is 6.62. The molecule has 1 atom stereocenters. The molecule has 1 aliphatic rings. The van der Waals surface area contributed by atoms with Crippen LogP contribution in [-0.4, -0.2) is 21.7 Å². The molecule has 100 valence electrons. The van der Waals surface area contributed by atoms with E-state index >= 15 is 0 Å². The molecule has 0 spiro atoms. The highest BCUT2D eigenvalue weighted by Crippen LogP contribution is 2.32. The van der Waals surface area contributed by atoms with Gasteiger partial charge in [-0.15, -0.1) is 0 Å². The molecule has 1 unspecified atom stereocenters. The maximum Gasteiger partial charge on any atom is 0.280 e. The largest absolute Gasteiger partial charge is 0.280 e. The lowest BCUT2D eigenvalue weighted by atomic mass is 10.0. The molecule has 4 heteroatoms. The zero-order chi connectivity index (χ0) is 14.1. The third kappa shape index (κ3) is 1.81. The molecule has 0 radical (unpaired) electrons. The van der Waals surface area contributed by atoms with E-state index in [1.807, 2.05) is 37.3 Å². The fourth-order valence-electron chi connectivity index (χ4n) is 2.61. The average Bonchev–Trinajstić information content (AvgIpc) is 2.75. The molecule has 20 heavy (non-hydrogen) atoms. The quantitative estimate of drug-likeness (QED) is 0.803. The summed E-state index contributed by atoms with van der Waals surface area (Å²) in [6.07, 6.45) is 2.21. The molecule has 0 fully saturated rings. The van der Waals surface area contributed by atoms with Gasteiger partial charge in [0, 0.05) is 6.20 Å². The summed E-state index contributed by atoms with van der Waals surface area (Å²) in [6.45, 7) is 1.97. The molecule has 0 N–H and O–H groups in total. The van der Waals surface area contributed by atoms with Gasteiger partial charge < -0.3 is 0 Å². The molecule has 1 aromatic heterocycles. The number of carbonyl (C=O) groups excluding carboxylic acids is 2. The van der Waals surface area contributed by atoms with Crippen molar-refractivity contribution in [1.82, 2.24) is 9.88 Å². The number of imide groups is 1. The van der Waals surface area contributed by atoms with E-state index in [2.05, 4.69) is 4.98 Å². The van der Waals surface area contributed by atoms with Gasteiger partial charge in [-0.2, -0.15) is 0 Å². The molecule has 0 aliphatic carbocycles. The van der Waals surface area contributed by atoms with Gasteiger partial charge in [-0.25, -0.2) is 0 Å². The van der Waals surface area contributed by atoms with E-state index in [1.165, 1.54) is 11.1 Å². The van der Waals surface area contributed by atoms with Crippen LogP contribution >= 0.6 is 0 Å². The molecule has 1 aromatic carbocycles. The summed E-state index contributed by atoms with van der Waals surface area (Å²) in [7, 11) is 0. The highest BCUT2D eigenvalue weighted by molar-refractivity contribution is 6.20. The lowest BCUT2D eigenvalue weighted by molar-refractivity contribution is 0.0576. The van der Waals surface area contributed by atoms with Gasteiger partial charge in [-0.1, -0.05) is 37.3 Å². The standard InChI is InChI=1S/C16H14N2O2/c1-2-13(11-7-4-3-5-8-11)18-15(19)12-9-6-10-17-14(12)16(18)20/h3-10,13H,2H2,1H3. The number of hydrogen-bond acceptors (Lipinski definition) is 3. The Bertz CT molecular complexity index is 632. The van der Waals surface area contributed by atoms with Crippen LogP contribution < -0.4 is 0 Å². The van der Waals surface area contributed by atoms with E-state index in [0.29, 0.717) is 12.0 Å². The third-order valence-electron chi connectivity index (χ3n) is 3.56. The van der Waals surface area contributed by atoms with Gasteiger partial charge in [0.2, 0.25) is 0 Å². The SMILES string of the molecule is CCC(c1ccccc1)N1C(=O)c2cccnc2C1=O. The lowest BCUT2D eigenvalue weighted by Crippen LogP contribution is -2.33. The van der Waals surface area contributed by atoms with Crippen molar-refractivity contribution in [3.8, 4) is 0 Å². The summed E-state index contributed by atoms with van der Waals surface area (Å²) >= 11 is 0. The Morgan fingerprint density at radius 2 is 1.80 bits per heavy atom. The smallest absolute Gasteiger partial charge is 0.268 e.